The van der Waals surface area contributed by atoms with Crippen molar-refractivity contribution in [2.45, 2.75) is 203 Å². The van der Waals surface area contributed by atoms with Crippen molar-refractivity contribution in [3.8, 4) is 11.5 Å². The Kier molecular flexibility index (Phi) is 38.6. The molecule has 0 radical (unpaired) electrons. The van der Waals surface area contributed by atoms with Gasteiger partial charge in [0.05, 0.1) is 38.0 Å². The fraction of sp³-hybridized carbons (Fsp3) is 0.473. The number of rotatable bonds is 24. The molecule has 9 rings (SSSR count). The van der Waals surface area contributed by atoms with Crippen LogP contribution in [0.25, 0.3) is 10.9 Å². The number of phenolic OH excluding ortho intramolecular Hbond substituents is 2. The van der Waals surface area contributed by atoms with Gasteiger partial charge in [0.25, 0.3) is 0 Å². The monoisotopic (exact) mass is 1910 g/mol. The lowest BCUT2D eigenvalue weighted by atomic mass is 9.98. The first-order valence-corrected chi connectivity index (χ1v) is 45.6. The highest BCUT2D eigenvalue weighted by atomic mass is 32.2. The number of ether oxygens (including phenoxy) is 1. The topological polar surface area (TPSA) is 567 Å². The molecule has 3 saturated heterocycles. The Morgan fingerprint density at radius 2 is 1.07 bits per heavy atom. The average Bonchev–Trinajstić information content (AvgIpc) is 1.58. The highest BCUT2D eigenvalue weighted by molar-refractivity contribution is 8.00. The number of hydrogen-bond acceptors (Lipinski definition) is 22. The van der Waals surface area contributed by atoms with Crippen LogP contribution < -0.4 is 53.6 Å². The molecule has 0 bridgehead atoms. The van der Waals surface area contributed by atoms with Gasteiger partial charge in [-0.1, -0.05) is 120 Å². The Morgan fingerprint density at radius 3 is 1.68 bits per heavy atom. The minimum Gasteiger partial charge on any atom is -0.508 e. The lowest BCUT2D eigenvalue weighted by Crippen LogP contribution is -2.64. The molecule has 0 aliphatic carbocycles. The summed E-state index contributed by atoms with van der Waals surface area (Å²) < 4.78 is 50.7. The molecular formula is C93H117F3N16O23S. The molecule has 14 atom stereocenters. The molecule has 3 aliphatic rings. The number of primary amides is 1. The number of carboxylic acids is 2. The summed E-state index contributed by atoms with van der Waals surface area (Å²) in [5, 5.41) is 76.5. The van der Waals surface area contributed by atoms with Crippen molar-refractivity contribution in [2.24, 2.45) is 17.6 Å². The number of aromatic amines is 1. The summed E-state index contributed by atoms with van der Waals surface area (Å²) in [5.41, 5.74) is 7.15. The van der Waals surface area contributed by atoms with E-state index in [1.165, 1.54) is 69.4 Å². The second kappa shape index (κ2) is 49.5. The number of aromatic hydroxyl groups is 2. The number of aliphatic hydroxyl groups is 1. The van der Waals surface area contributed by atoms with Crippen LogP contribution in [0.2, 0.25) is 0 Å². The molecule has 15 amide bonds. The van der Waals surface area contributed by atoms with E-state index in [9.17, 15) is 63.5 Å². The Bertz CT molecular complexity index is 5310. The lowest BCUT2D eigenvalue weighted by Gasteiger charge is -2.38. The summed E-state index contributed by atoms with van der Waals surface area (Å²) in [7, 11) is 3.33. The summed E-state index contributed by atoms with van der Waals surface area (Å²) in [6.07, 6.45) is -5.44. The fourth-order valence-corrected chi connectivity index (χ4v) is 17.2. The Labute approximate surface area is 785 Å². The number of aliphatic hydroxyl groups excluding tert-OH is 1. The number of amides is 15. The summed E-state index contributed by atoms with van der Waals surface area (Å²) in [6.45, 7) is 5.60. The summed E-state index contributed by atoms with van der Waals surface area (Å²) in [4.78, 5) is 258. The number of thioether (sulfide) groups is 1. The molecule has 4 heterocycles. The number of H-pyrrole nitrogens is 1. The van der Waals surface area contributed by atoms with Gasteiger partial charge in [-0.25, -0.2) is 13.2 Å². The van der Waals surface area contributed by atoms with E-state index in [2.05, 4.69) is 52.8 Å². The number of nitrogens with zero attached hydrogens (tertiary/aromatic N) is 5. The molecule has 43 heteroatoms. The zero-order chi connectivity index (χ0) is 99.6. The number of morpholine rings is 1. The van der Waals surface area contributed by atoms with E-state index in [0.29, 0.717) is 68.4 Å². The molecule has 3 fully saturated rings. The van der Waals surface area contributed by atoms with Crippen molar-refractivity contribution in [1.82, 2.24) is 77.3 Å². The second-order valence-electron chi connectivity index (χ2n) is 34.7. The Hall–Kier alpha value is -13.7. The van der Waals surface area contributed by atoms with Crippen LogP contribution in [0.1, 0.15) is 114 Å². The third kappa shape index (κ3) is 29.4. The predicted octanol–water partition coefficient (Wildman–Crippen LogP) is 0.638. The number of phenols is 2. The van der Waals surface area contributed by atoms with E-state index >= 15 is 56.7 Å². The van der Waals surface area contributed by atoms with Gasteiger partial charge in [-0.15, -0.1) is 11.8 Å². The van der Waals surface area contributed by atoms with Gasteiger partial charge in [0.2, 0.25) is 88.6 Å². The molecule has 0 spiro atoms. The molecule has 5 aromatic carbocycles. The van der Waals surface area contributed by atoms with Crippen LogP contribution in [0.4, 0.5) is 13.2 Å². The van der Waals surface area contributed by atoms with Crippen molar-refractivity contribution < 1.29 is 125 Å². The first-order chi connectivity index (χ1) is 64.5. The van der Waals surface area contributed by atoms with Gasteiger partial charge >= 0.3 is 11.9 Å². The number of para-hydroxylation sites is 1. The zero-order valence-corrected chi connectivity index (χ0v) is 77.2. The van der Waals surface area contributed by atoms with Gasteiger partial charge in [0.15, 0.2) is 17.5 Å². The first kappa shape index (κ1) is 106. The number of aromatic nitrogens is 1. The first-order valence-electron chi connectivity index (χ1n) is 44.5. The van der Waals surface area contributed by atoms with Gasteiger partial charge in [-0.05, 0) is 101 Å². The average molecular weight is 1920 g/mol. The largest absolute Gasteiger partial charge is 0.508 e. The standard InChI is InChI=1S/C93H117F3N16O23S/c1-9-10-20-70-92(133)112-45-58(115)41-73(112)87(128)104-66(42-78(120)121)85(126)107-80(50(4)5)93(134)110(8)72(39-51-16-12-11-13-17-51)86(127)105-68(37-53-23-27-57(114)28-24-53)90(131)111-31-32-135-46-74(111)88(129)103-65(40-55-43-98-62-19-15-14-18-59(55)62)84(125)102-64(36-52-21-25-56(113)26-22-52)83(124)101-63(33-49(2)3)82(123)106-69(81(122)99-44-75(97)116)47-136-48-76(117)100-67(38-54-34-60(94)79(96)61(95)35-54)89(130)108(6)71(29-30-77(118)119)91(132)109(70)7/h11-19,21-28,34-35,43,49-50,58,63-74,80,98,113-115H,9-10,20,29-33,36-42,44-48H2,1-8H3,(H2,97,116)(H,99,122)(H,100,117)(H,101,124)(H,102,125)(H,103,129)(H,104,128)(H,105,127)(H,106,123)(H,107,126)(H,118,119)(H,120,121)/t58-,63+,64+,65-,66+,67+,68+,69+,70+,71+,72+,73-,74-,80+/m1/s1. The zero-order valence-electron chi connectivity index (χ0n) is 76.4. The third-order valence-electron chi connectivity index (χ3n) is 23.7. The van der Waals surface area contributed by atoms with E-state index in [0.717, 1.165) is 33.7 Å². The van der Waals surface area contributed by atoms with Gasteiger partial charge in [-0.3, -0.25) is 81.5 Å². The fourth-order valence-electron chi connectivity index (χ4n) is 16.3. The van der Waals surface area contributed by atoms with E-state index in [4.69, 9.17) is 10.5 Å². The van der Waals surface area contributed by atoms with E-state index in [1.54, 1.807) is 81.6 Å². The molecular weight excluding hydrogens is 1800 g/mol. The summed E-state index contributed by atoms with van der Waals surface area (Å²) in [6, 6.07) is 4.50. The number of unbranched alkanes of at least 4 members (excludes halogenated alkanes) is 1. The number of aliphatic carboxylic acids is 2. The van der Waals surface area contributed by atoms with Crippen molar-refractivity contribution >= 4 is 123 Å². The van der Waals surface area contributed by atoms with Crippen LogP contribution >= 0.6 is 11.8 Å². The summed E-state index contributed by atoms with van der Waals surface area (Å²) >= 11 is 0.600. The smallest absolute Gasteiger partial charge is 0.305 e. The molecule has 3 aliphatic heterocycles. The molecule has 0 saturated carbocycles. The number of nitrogens with two attached hydrogens (primary N) is 1. The predicted molar refractivity (Wildman–Crippen MR) is 486 cm³/mol. The number of halogens is 3. The molecule has 39 nitrogen and oxygen atoms in total. The number of carbonyl (C=O) groups is 17. The van der Waals surface area contributed by atoms with Crippen molar-refractivity contribution in [3.63, 3.8) is 0 Å². The van der Waals surface area contributed by atoms with Crippen molar-refractivity contribution in [3.05, 3.63) is 167 Å². The van der Waals surface area contributed by atoms with E-state index in [-0.39, 0.29) is 69.6 Å². The number of likely N-dealkylation sites (N-methyl/N-ethyl adjacent to an activating group) is 3. The van der Waals surface area contributed by atoms with Gasteiger partial charge in [0.1, 0.15) is 90.0 Å². The number of fused-ring (bicyclic) bond motifs is 3. The molecule has 6 aromatic rings. The van der Waals surface area contributed by atoms with Gasteiger partial charge in [-0.2, -0.15) is 0 Å². The quantitative estimate of drug-likeness (QED) is 0.0370. The number of benzene rings is 5. The minimum absolute atomic E-state index is 0.150. The number of carbonyl (C=O) groups excluding carboxylic acids is 15. The van der Waals surface area contributed by atoms with Crippen LogP contribution in [0.15, 0.2) is 121 Å². The van der Waals surface area contributed by atoms with Crippen LogP contribution in [0, 0.1) is 29.3 Å². The van der Waals surface area contributed by atoms with Crippen LogP contribution in [-0.4, -0.2) is 306 Å². The molecule has 17 N–H and O–H groups in total. The highest BCUT2D eigenvalue weighted by Gasteiger charge is 2.48. The SMILES string of the molecule is CCCC[C@H]1C(=O)N2C[C@H](O)C[C@@H]2C(=O)N[C@@H](CC(=O)O)C(=O)N[C@@H](C(C)C)C(=O)N(C)[C@@H](Cc2ccccc2)C(=O)N[C@@H](Cc2ccc(O)cc2)C(=O)N2CCOC[C@@H]2C(=O)N[C@H](Cc2c[nH]c3ccccc23)C(=O)N[C@@H](Cc2ccc(O)cc2)C(=O)N[C@@H](CC(C)C)C(=O)N[C@H](C(=O)NCC(N)=O)CSCC(=O)N[C@@H](Cc2cc(F)c(F)c(F)c2)C(=O)N(C)[C@@H](CCC(=O)O)C(=O)N1C. The van der Waals surface area contributed by atoms with Crippen LogP contribution in [0.5, 0.6) is 11.5 Å². The summed E-state index contributed by atoms with van der Waals surface area (Å²) in [5.74, 6) is -27.9. The minimum atomic E-state index is -2.08. The molecule has 0 unspecified atom stereocenters. The maximum absolute atomic E-state index is 15.9. The molecule has 734 valence electrons. The van der Waals surface area contributed by atoms with Crippen LogP contribution in [0.3, 0.4) is 0 Å². The maximum atomic E-state index is 15.9. The third-order valence-corrected chi connectivity index (χ3v) is 24.7. The molecule has 1 aromatic heterocycles. The highest BCUT2D eigenvalue weighted by Crippen LogP contribution is 2.29. The Balaban J connectivity index is 1.15. The Morgan fingerprint density at radius 1 is 0.544 bits per heavy atom. The number of nitrogens with one attached hydrogen (secondary N) is 10. The van der Waals surface area contributed by atoms with Crippen molar-refractivity contribution in [2.75, 3.05) is 65.5 Å². The normalized spacial score (nSPS) is 24.0. The number of carboxylic acid groups (broad SMARTS) is 2. The van der Waals surface area contributed by atoms with E-state index in [1.807, 2.05) is 0 Å². The van der Waals surface area contributed by atoms with Crippen LogP contribution in [-0.2, 0) is 118 Å². The molecule has 136 heavy (non-hydrogen) atoms. The second-order valence-corrected chi connectivity index (χ2v) is 35.7. The van der Waals surface area contributed by atoms with Crippen molar-refractivity contribution in [1.29, 1.82) is 0 Å². The van der Waals surface area contributed by atoms with Gasteiger partial charge < -0.3 is 113 Å². The lowest BCUT2D eigenvalue weighted by molar-refractivity contribution is -0.153. The van der Waals surface area contributed by atoms with Gasteiger partial charge in [0, 0.05) is 102 Å². The maximum Gasteiger partial charge on any atom is 0.305 e. The van der Waals surface area contributed by atoms with E-state index < -0.39 is 283 Å². The number of hydrogen-bond donors (Lipinski definition) is 16.